The SMILES string of the molecule is Nc1ccc(Nc2cc(Cl)c(Cl)cc2Cl)c(C(F)(F)F)c1. The zero-order valence-electron chi connectivity index (χ0n) is 10.2. The first kappa shape index (κ1) is 16.1. The molecule has 2 aromatic carbocycles. The van der Waals surface area contributed by atoms with Crippen LogP contribution < -0.4 is 11.1 Å². The molecular formula is C13H8Cl3F3N2. The minimum Gasteiger partial charge on any atom is -0.399 e. The Balaban J connectivity index is 2.47. The third-order valence-corrected chi connectivity index (χ3v) is 3.66. The molecule has 0 aliphatic carbocycles. The molecule has 0 aliphatic rings. The Hall–Kier alpha value is -1.30. The summed E-state index contributed by atoms with van der Waals surface area (Å²) in [5.41, 5.74) is 4.53. The third kappa shape index (κ3) is 3.67. The fourth-order valence-electron chi connectivity index (χ4n) is 1.67. The molecule has 0 heterocycles. The van der Waals surface area contributed by atoms with Gasteiger partial charge in [-0.15, -0.1) is 0 Å². The highest BCUT2D eigenvalue weighted by Gasteiger charge is 2.33. The van der Waals surface area contributed by atoms with E-state index in [1.165, 1.54) is 24.3 Å². The van der Waals surface area contributed by atoms with Crippen LogP contribution in [0, 0.1) is 0 Å². The number of nitrogen functional groups attached to an aromatic ring is 1. The van der Waals surface area contributed by atoms with Crippen LogP contribution in [0.25, 0.3) is 0 Å². The van der Waals surface area contributed by atoms with Gasteiger partial charge in [-0.1, -0.05) is 34.8 Å². The molecule has 0 aromatic heterocycles. The van der Waals surface area contributed by atoms with Gasteiger partial charge in [-0.05, 0) is 30.3 Å². The van der Waals surface area contributed by atoms with E-state index in [-0.39, 0.29) is 32.1 Å². The van der Waals surface area contributed by atoms with Crippen LogP contribution in [0.5, 0.6) is 0 Å². The van der Waals surface area contributed by atoms with Crippen molar-refractivity contribution < 1.29 is 13.2 Å². The summed E-state index contributed by atoms with van der Waals surface area (Å²) in [6.45, 7) is 0. The lowest BCUT2D eigenvalue weighted by molar-refractivity contribution is -0.136. The molecule has 0 saturated heterocycles. The minimum absolute atomic E-state index is 0.00751. The van der Waals surface area contributed by atoms with E-state index in [1.54, 1.807) is 0 Å². The number of anilines is 3. The molecule has 0 saturated carbocycles. The molecule has 0 aliphatic heterocycles. The van der Waals surface area contributed by atoms with Gasteiger partial charge in [0, 0.05) is 5.69 Å². The number of rotatable bonds is 2. The molecule has 0 atom stereocenters. The largest absolute Gasteiger partial charge is 0.418 e. The van der Waals surface area contributed by atoms with Crippen LogP contribution in [0.4, 0.5) is 30.2 Å². The van der Waals surface area contributed by atoms with E-state index in [4.69, 9.17) is 40.5 Å². The van der Waals surface area contributed by atoms with Crippen molar-refractivity contribution >= 4 is 51.9 Å². The van der Waals surface area contributed by atoms with Gasteiger partial charge in [0.2, 0.25) is 0 Å². The zero-order valence-corrected chi connectivity index (χ0v) is 12.5. The smallest absolute Gasteiger partial charge is 0.399 e. The van der Waals surface area contributed by atoms with Gasteiger partial charge in [-0.3, -0.25) is 0 Å². The summed E-state index contributed by atoms with van der Waals surface area (Å²) in [5.74, 6) is 0. The average molecular weight is 356 g/mol. The van der Waals surface area contributed by atoms with Crippen LogP contribution in [0.3, 0.4) is 0 Å². The van der Waals surface area contributed by atoms with E-state index < -0.39 is 11.7 Å². The van der Waals surface area contributed by atoms with Gasteiger partial charge >= 0.3 is 6.18 Å². The quantitative estimate of drug-likeness (QED) is 0.513. The van der Waals surface area contributed by atoms with Crippen molar-refractivity contribution in [3.63, 3.8) is 0 Å². The maximum Gasteiger partial charge on any atom is 0.418 e. The Morgan fingerprint density at radius 3 is 2.10 bits per heavy atom. The first-order chi connectivity index (χ1) is 9.68. The van der Waals surface area contributed by atoms with Gasteiger partial charge in [0.25, 0.3) is 0 Å². The second kappa shape index (κ2) is 5.83. The number of hydrogen-bond donors (Lipinski definition) is 2. The molecule has 2 nitrogen and oxygen atoms in total. The molecule has 0 radical (unpaired) electrons. The lowest BCUT2D eigenvalue weighted by atomic mass is 10.1. The topological polar surface area (TPSA) is 38.0 Å². The summed E-state index contributed by atoms with van der Waals surface area (Å²) in [7, 11) is 0. The second-order valence-corrected chi connectivity index (χ2v) is 5.40. The lowest BCUT2D eigenvalue weighted by Crippen LogP contribution is -2.09. The monoisotopic (exact) mass is 354 g/mol. The van der Waals surface area contributed by atoms with Crippen LogP contribution in [0.1, 0.15) is 5.56 Å². The van der Waals surface area contributed by atoms with Gasteiger partial charge in [0.05, 0.1) is 32.0 Å². The molecule has 0 unspecified atom stereocenters. The van der Waals surface area contributed by atoms with Crippen LogP contribution in [0.15, 0.2) is 30.3 Å². The molecule has 8 heteroatoms. The van der Waals surface area contributed by atoms with Crippen molar-refractivity contribution in [2.24, 2.45) is 0 Å². The molecule has 3 N–H and O–H groups in total. The Morgan fingerprint density at radius 2 is 1.48 bits per heavy atom. The molecule has 2 aromatic rings. The normalized spacial score (nSPS) is 11.5. The highest BCUT2D eigenvalue weighted by Crippen LogP contribution is 2.39. The van der Waals surface area contributed by atoms with Gasteiger partial charge in [-0.25, -0.2) is 0 Å². The Bertz CT molecular complexity index is 687. The van der Waals surface area contributed by atoms with Crippen molar-refractivity contribution in [2.45, 2.75) is 6.18 Å². The van der Waals surface area contributed by atoms with E-state index in [0.717, 1.165) is 6.07 Å². The number of nitrogens with one attached hydrogen (secondary N) is 1. The van der Waals surface area contributed by atoms with Crippen LogP contribution in [0.2, 0.25) is 15.1 Å². The molecule has 0 bridgehead atoms. The number of halogens is 6. The van der Waals surface area contributed by atoms with E-state index in [9.17, 15) is 13.2 Å². The first-order valence-corrected chi connectivity index (χ1v) is 6.70. The molecule has 0 spiro atoms. The van der Waals surface area contributed by atoms with E-state index in [2.05, 4.69) is 5.32 Å². The number of alkyl halides is 3. The fourth-order valence-corrected chi connectivity index (χ4v) is 2.26. The predicted octanol–water partition coefficient (Wildman–Crippen LogP) is 5.99. The highest BCUT2D eigenvalue weighted by atomic mass is 35.5. The third-order valence-electron chi connectivity index (χ3n) is 2.63. The predicted molar refractivity (Wildman–Crippen MR) is 80.6 cm³/mol. The second-order valence-electron chi connectivity index (χ2n) is 4.17. The van der Waals surface area contributed by atoms with Crippen LogP contribution in [-0.2, 0) is 6.18 Å². The Kier molecular flexibility index (Phi) is 4.46. The molecular weight excluding hydrogens is 348 g/mol. The van der Waals surface area contributed by atoms with Crippen molar-refractivity contribution in [1.82, 2.24) is 0 Å². The van der Waals surface area contributed by atoms with E-state index in [1.807, 2.05) is 0 Å². The van der Waals surface area contributed by atoms with Crippen LogP contribution in [-0.4, -0.2) is 0 Å². The van der Waals surface area contributed by atoms with Gasteiger partial charge in [0.1, 0.15) is 0 Å². The summed E-state index contributed by atoms with van der Waals surface area (Å²) in [4.78, 5) is 0. The van der Waals surface area contributed by atoms with Crippen molar-refractivity contribution in [3.05, 3.63) is 51.0 Å². The van der Waals surface area contributed by atoms with Gasteiger partial charge in [-0.2, -0.15) is 13.2 Å². The number of hydrogen-bond acceptors (Lipinski definition) is 2. The molecule has 112 valence electrons. The Morgan fingerprint density at radius 1 is 0.857 bits per heavy atom. The minimum atomic E-state index is -4.56. The standard InChI is InChI=1S/C13H8Cl3F3N2/c14-8-4-10(16)12(5-9(8)15)21-11-2-1-6(20)3-7(11)13(17,18)19/h1-5,21H,20H2. The number of nitrogens with two attached hydrogens (primary N) is 1. The molecule has 21 heavy (non-hydrogen) atoms. The summed E-state index contributed by atoms with van der Waals surface area (Å²) in [6, 6.07) is 6.11. The van der Waals surface area contributed by atoms with E-state index in [0.29, 0.717) is 0 Å². The Labute approximate surface area is 133 Å². The molecule has 0 fully saturated rings. The highest BCUT2D eigenvalue weighted by molar-refractivity contribution is 6.44. The summed E-state index contributed by atoms with van der Waals surface area (Å²) >= 11 is 17.5. The van der Waals surface area contributed by atoms with Crippen molar-refractivity contribution in [2.75, 3.05) is 11.1 Å². The van der Waals surface area contributed by atoms with Gasteiger partial charge in [0.15, 0.2) is 0 Å². The lowest BCUT2D eigenvalue weighted by Gasteiger charge is -2.16. The zero-order chi connectivity index (χ0) is 15.8. The van der Waals surface area contributed by atoms with Crippen LogP contribution >= 0.6 is 34.8 Å². The molecule has 0 amide bonds. The van der Waals surface area contributed by atoms with Crippen molar-refractivity contribution in [1.29, 1.82) is 0 Å². The summed E-state index contributed by atoms with van der Waals surface area (Å²) in [5, 5.41) is 3.12. The fraction of sp³-hybridized carbons (Fsp3) is 0.0769. The van der Waals surface area contributed by atoms with E-state index >= 15 is 0 Å². The number of benzene rings is 2. The van der Waals surface area contributed by atoms with Crippen molar-refractivity contribution in [3.8, 4) is 0 Å². The van der Waals surface area contributed by atoms with Gasteiger partial charge < -0.3 is 11.1 Å². The first-order valence-electron chi connectivity index (χ1n) is 5.57. The summed E-state index contributed by atoms with van der Waals surface area (Å²) in [6.07, 6.45) is -4.56. The maximum atomic E-state index is 13.0. The average Bonchev–Trinajstić information content (AvgIpc) is 2.36. The molecule has 2 rings (SSSR count). The summed E-state index contributed by atoms with van der Waals surface area (Å²) < 4.78 is 39.0. The maximum absolute atomic E-state index is 13.0.